The maximum absolute atomic E-state index is 11.9. The Labute approximate surface area is 158 Å². The van der Waals surface area contributed by atoms with E-state index in [-0.39, 0.29) is 36.1 Å². The van der Waals surface area contributed by atoms with E-state index in [0.29, 0.717) is 10.9 Å². The topological polar surface area (TPSA) is 118 Å². The van der Waals surface area contributed by atoms with E-state index >= 15 is 0 Å². The van der Waals surface area contributed by atoms with Crippen molar-refractivity contribution in [2.75, 3.05) is 18.9 Å². The number of nitrogens with zero attached hydrogens (tertiary/aromatic N) is 3. The number of carbonyl (C=O) groups is 2. The Kier molecular flexibility index (Phi) is 5.87. The molecule has 0 aliphatic carbocycles. The predicted molar refractivity (Wildman–Crippen MR) is 99.4 cm³/mol. The number of rotatable bonds is 7. The van der Waals surface area contributed by atoms with Crippen LogP contribution in [-0.4, -0.2) is 50.4 Å². The highest BCUT2D eigenvalue weighted by Gasteiger charge is 2.15. The van der Waals surface area contributed by atoms with E-state index in [4.69, 9.17) is 4.74 Å². The summed E-state index contributed by atoms with van der Waals surface area (Å²) in [7, 11) is 0. The number of esters is 1. The molecule has 0 saturated heterocycles. The first-order valence-electron chi connectivity index (χ1n) is 8.17. The van der Waals surface area contributed by atoms with Crippen LogP contribution in [0.25, 0.3) is 17.0 Å². The Bertz CT molecular complexity index is 1020. The fourth-order valence-electron chi connectivity index (χ4n) is 2.38. The van der Waals surface area contributed by atoms with Gasteiger partial charge in [-0.15, -0.1) is 10.2 Å². The number of hydrogen-bond donors (Lipinski definition) is 2. The number of amides is 1. The van der Waals surface area contributed by atoms with Gasteiger partial charge in [0, 0.05) is 6.07 Å². The molecular weight excluding hydrogens is 370 g/mol. The summed E-state index contributed by atoms with van der Waals surface area (Å²) in [5, 5.41) is 11.0. The maximum Gasteiger partial charge on any atom is 0.325 e. The third-order valence-corrected chi connectivity index (χ3v) is 4.44. The van der Waals surface area contributed by atoms with Crippen LogP contribution in [0.4, 0.5) is 0 Å². The van der Waals surface area contributed by atoms with Gasteiger partial charge in [-0.3, -0.25) is 23.8 Å². The van der Waals surface area contributed by atoms with Crippen molar-refractivity contribution in [3.05, 3.63) is 46.8 Å². The summed E-state index contributed by atoms with van der Waals surface area (Å²) in [6, 6.07) is 10.8. The fourth-order valence-corrected chi connectivity index (χ4v) is 3.16. The summed E-state index contributed by atoms with van der Waals surface area (Å²) >= 11 is 1.15. The normalized spacial score (nSPS) is 10.7. The fraction of sp³-hybridized carbons (Fsp3) is 0.235. The van der Waals surface area contributed by atoms with Crippen LogP contribution in [0.5, 0.6) is 0 Å². The van der Waals surface area contributed by atoms with Crippen molar-refractivity contribution in [1.29, 1.82) is 0 Å². The van der Waals surface area contributed by atoms with Gasteiger partial charge < -0.3 is 10.1 Å². The van der Waals surface area contributed by atoms with Crippen LogP contribution < -0.4 is 10.9 Å². The molecule has 0 spiro atoms. The van der Waals surface area contributed by atoms with Crippen molar-refractivity contribution in [2.45, 2.75) is 12.1 Å². The number of fused-ring (bicyclic) bond motifs is 1. The van der Waals surface area contributed by atoms with Crippen LogP contribution in [0.3, 0.4) is 0 Å². The highest BCUT2D eigenvalue weighted by atomic mass is 32.2. The van der Waals surface area contributed by atoms with Gasteiger partial charge in [-0.25, -0.2) is 0 Å². The van der Waals surface area contributed by atoms with Gasteiger partial charge in [0.1, 0.15) is 6.54 Å². The summed E-state index contributed by atoms with van der Waals surface area (Å²) in [6.07, 6.45) is 0. The molecule has 0 radical (unpaired) electrons. The van der Waals surface area contributed by atoms with E-state index in [1.54, 1.807) is 11.3 Å². The SMILES string of the molecule is CCOC(=O)CNC(=O)CSc1nnc2[nH]c(=O)cc(-c3ccccc3)n12. The van der Waals surface area contributed by atoms with E-state index in [1.807, 2.05) is 30.3 Å². The molecule has 0 aliphatic heterocycles. The van der Waals surface area contributed by atoms with Gasteiger partial charge in [-0.1, -0.05) is 42.1 Å². The third-order valence-electron chi connectivity index (χ3n) is 3.51. The van der Waals surface area contributed by atoms with Crippen LogP contribution in [0.2, 0.25) is 0 Å². The van der Waals surface area contributed by atoms with E-state index in [2.05, 4.69) is 20.5 Å². The molecule has 0 fully saturated rings. The zero-order chi connectivity index (χ0) is 19.2. The third kappa shape index (κ3) is 4.53. The number of benzene rings is 1. The predicted octanol–water partition coefficient (Wildman–Crippen LogP) is 0.856. The highest BCUT2D eigenvalue weighted by molar-refractivity contribution is 7.99. The van der Waals surface area contributed by atoms with E-state index in [9.17, 15) is 14.4 Å². The van der Waals surface area contributed by atoms with Gasteiger partial charge in [0.2, 0.25) is 11.7 Å². The van der Waals surface area contributed by atoms with E-state index in [1.165, 1.54) is 6.07 Å². The molecule has 2 heterocycles. The van der Waals surface area contributed by atoms with Crippen molar-refractivity contribution < 1.29 is 14.3 Å². The number of ether oxygens (including phenoxy) is 1. The van der Waals surface area contributed by atoms with E-state index < -0.39 is 5.97 Å². The number of nitrogens with one attached hydrogen (secondary N) is 2. The first kappa shape index (κ1) is 18.6. The van der Waals surface area contributed by atoms with Crippen molar-refractivity contribution in [1.82, 2.24) is 24.9 Å². The van der Waals surface area contributed by atoms with Crippen molar-refractivity contribution in [3.8, 4) is 11.3 Å². The second kappa shape index (κ2) is 8.49. The summed E-state index contributed by atoms with van der Waals surface area (Å²) in [4.78, 5) is 37.7. The Balaban J connectivity index is 1.79. The monoisotopic (exact) mass is 387 g/mol. The van der Waals surface area contributed by atoms with Crippen LogP contribution in [0, 0.1) is 0 Å². The molecule has 0 unspecified atom stereocenters. The number of carbonyl (C=O) groups excluding carboxylic acids is 2. The molecule has 2 N–H and O–H groups in total. The molecule has 0 aliphatic rings. The molecule has 140 valence electrons. The molecule has 0 bridgehead atoms. The molecule has 27 heavy (non-hydrogen) atoms. The zero-order valence-corrected chi connectivity index (χ0v) is 15.3. The minimum atomic E-state index is -0.493. The lowest BCUT2D eigenvalue weighted by Crippen LogP contribution is -2.31. The average molecular weight is 387 g/mol. The van der Waals surface area contributed by atoms with Crippen LogP contribution in [0.1, 0.15) is 6.92 Å². The second-order valence-electron chi connectivity index (χ2n) is 5.40. The molecule has 10 heteroatoms. The minimum Gasteiger partial charge on any atom is -0.465 e. The summed E-state index contributed by atoms with van der Waals surface area (Å²) in [5.74, 6) is -0.507. The Morgan fingerprint density at radius 1 is 1.26 bits per heavy atom. The van der Waals surface area contributed by atoms with Gasteiger partial charge >= 0.3 is 5.97 Å². The quantitative estimate of drug-likeness (QED) is 0.456. The molecule has 9 nitrogen and oxygen atoms in total. The lowest BCUT2D eigenvalue weighted by molar-refractivity contribution is -0.143. The van der Waals surface area contributed by atoms with Gasteiger partial charge in [0.25, 0.3) is 5.56 Å². The van der Waals surface area contributed by atoms with E-state index in [0.717, 1.165) is 17.3 Å². The Hall–Kier alpha value is -3.14. The molecule has 0 saturated carbocycles. The van der Waals surface area contributed by atoms with Crippen LogP contribution in [-0.2, 0) is 14.3 Å². The largest absolute Gasteiger partial charge is 0.465 e. The lowest BCUT2D eigenvalue weighted by atomic mass is 10.1. The number of hydrogen-bond acceptors (Lipinski definition) is 7. The molecule has 1 aromatic carbocycles. The molecule has 0 atom stereocenters. The number of thioether (sulfide) groups is 1. The zero-order valence-electron chi connectivity index (χ0n) is 14.5. The minimum absolute atomic E-state index is 0.0353. The van der Waals surface area contributed by atoms with Crippen molar-refractivity contribution >= 4 is 29.4 Å². The highest BCUT2D eigenvalue weighted by Crippen LogP contribution is 2.23. The van der Waals surface area contributed by atoms with Gasteiger partial charge in [-0.05, 0) is 12.5 Å². The molecule has 3 aromatic rings. The number of aromatic amines is 1. The molecule has 3 rings (SSSR count). The summed E-state index contributed by atoms with van der Waals surface area (Å²) < 4.78 is 6.44. The maximum atomic E-state index is 11.9. The number of aromatic nitrogens is 4. The van der Waals surface area contributed by atoms with Gasteiger partial charge in [0.05, 0.1) is 18.1 Å². The lowest BCUT2D eigenvalue weighted by Gasteiger charge is -2.07. The Morgan fingerprint density at radius 2 is 2.04 bits per heavy atom. The Morgan fingerprint density at radius 3 is 2.78 bits per heavy atom. The molecule has 2 aromatic heterocycles. The summed E-state index contributed by atoms with van der Waals surface area (Å²) in [5.41, 5.74) is 1.15. The standard InChI is InChI=1S/C17H17N5O4S/c1-2-26-15(25)9-18-14(24)10-27-17-21-20-16-19-13(23)8-12(22(16)17)11-6-4-3-5-7-11/h3-8H,2,9-10H2,1H3,(H,18,24)(H,19,20,23). The van der Waals surface area contributed by atoms with Gasteiger partial charge in [0.15, 0.2) is 5.16 Å². The van der Waals surface area contributed by atoms with Crippen LogP contribution in [0.15, 0.2) is 46.3 Å². The first-order chi connectivity index (χ1) is 13.1. The smallest absolute Gasteiger partial charge is 0.325 e. The van der Waals surface area contributed by atoms with Crippen molar-refractivity contribution in [2.24, 2.45) is 0 Å². The van der Waals surface area contributed by atoms with Crippen LogP contribution >= 0.6 is 11.8 Å². The first-order valence-corrected chi connectivity index (χ1v) is 9.16. The average Bonchev–Trinajstić information content (AvgIpc) is 3.07. The summed E-state index contributed by atoms with van der Waals surface area (Å²) in [6.45, 7) is 1.77. The molecular formula is C17H17N5O4S. The van der Waals surface area contributed by atoms with Gasteiger partial charge in [-0.2, -0.15) is 0 Å². The second-order valence-corrected chi connectivity index (χ2v) is 6.34. The van der Waals surface area contributed by atoms with Crippen molar-refractivity contribution in [3.63, 3.8) is 0 Å². The number of H-pyrrole nitrogens is 1. The molecule has 1 amide bonds.